The third-order valence-electron chi connectivity index (χ3n) is 4.59. The monoisotopic (exact) mass is 465 g/mol. The van der Waals surface area contributed by atoms with Gasteiger partial charge in [0.15, 0.2) is 0 Å². The van der Waals surface area contributed by atoms with Crippen LogP contribution in [0.25, 0.3) is 11.3 Å². The van der Waals surface area contributed by atoms with Crippen molar-refractivity contribution in [1.82, 2.24) is 9.78 Å². The predicted octanol–water partition coefficient (Wildman–Crippen LogP) is 2.88. The summed E-state index contributed by atoms with van der Waals surface area (Å²) in [6.45, 7) is -0.243. The second kappa shape index (κ2) is 9.69. The Morgan fingerprint density at radius 1 is 1.13 bits per heavy atom. The van der Waals surface area contributed by atoms with Crippen LogP contribution >= 0.6 is 11.6 Å². The molecule has 7 nitrogen and oxygen atoms in total. The number of nitrogens with zero attached hydrogens (tertiary/aromatic N) is 2. The van der Waals surface area contributed by atoms with Crippen LogP contribution in [0.15, 0.2) is 53.3 Å². The van der Waals surface area contributed by atoms with E-state index in [1.54, 1.807) is 18.2 Å². The lowest BCUT2D eigenvalue weighted by molar-refractivity contribution is 0.308. The van der Waals surface area contributed by atoms with Gasteiger partial charge in [-0.15, -0.1) is 0 Å². The summed E-state index contributed by atoms with van der Waals surface area (Å²) in [6.07, 6.45) is 1.33. The zero-order chi connectivity index (χ0) is 22.6. The molecular formula is C21H21ClFN3O4S. The average Bonchev–Trinajstić information content (AvgIpc) is 2.73. The first kappa shape index (κ1) is 23.1. The molecule has 0 saturated heterocycles. The molecule has 0 fully saturated rings. The maximum atomic E-state index is 13.9. The van der Waals surface area contributed by atoms with Gasteiger partial charge in [-0.2, -0.15) is 13.5 Å². The van der Waals surface area contributed by atoms with Crippen LogP contribution in [0, 0.1) is 5.82 Å². The van der Waals surface area contributed by atoms with Crippen LogP contribution in [-0.4, -0.2) is 24.5 Å². The van der Waals surface area contributed by atoms with Gasteiger partial charge in [0, 0.05) is 34.8 Å². The van der Waals surface area contributed by atoms with Gasteiger partial charge in [-0.1, -0.05) is 29.8 Å². The second-order valence-corrected chi connectivity index (χ2v) is 8.95. The molecular weight excluding hydrogens is 445 g/mol. The summed E-state index contributed by atoms with van der Waals surface area (Å²) in [6, 6.07) is 13.0. The van der Waals surface area contributed by atoms with Crippen molar-refractivity contribution in [2.45, 2.75) is 26.1 Å². The van der Waals surface area contributed by atoms with E-state index in [2.05, 4.69) is 5.10 Å². The lowest BCUT2D eigenvalue weighted by Crippen LogP contribution is -2.28. The number of hydrogen-bond acceptors (Lipinski definition) is 6. The number of benzene rings is 2. The molecule has 0 bridgehead atoms. The summed E-state index contributed by atoms with van der Waals surface area (Å²) in [5.74, 6) is -0.445. The van der Waals surface area contributed by atoms with Gasteiger partial charge >= 0.3 is 0 Å². The molecule has 31 heavy (non-hydrogen) atoms. The number of hydrogen-bond donors (Lipinski definition) is 1. The SMILES string of the molecule is CS(=O)(=O)OCc1cc(-c2ccc(F)c(CN)c2)nn(CCc2ccccc2Cl)c1=O. The molecule has 0 unspecified atom stereocenters. The summed E-state index contributed by atoms with van der Waals surface area (Å²) >= 11 is 6.19. The first-order valence-electron chi connectivity index (χ1n) is 9.35. The Kier molecular flexibility index (Phi) is 7.22. The molecule has 3 rings (SSSR count). The maximum absolute atomic E-state index is 13.9. The number of aryl methyl sites for hydroxylation is 2. The van der Waals surface area contributed by atoms with Crippen molar-refractivity contribution in [3.8, 4) is 11.3 Å². The van der Waals surface area contributed by atoms with Gasteiger partial charge in [-0.25, -0.2) is 9.07 Å². The van der Waals surface area contributed by atoms with Gasteiger partial charge in [-0.05, 0) is 42.3 Å². The van der Waals surface area contributed by atoms with Crippen LogP contribution in [0.4, 0.5) is 4.39 Å². The predicted molar refractivity (Wildman–Crippen MR) is 117 cm³/mol. The lowest BCUT2D eigenvalue weighted by Gasteiger charge is -2.12. The molecule has 164 valence electrons. The Hall–Kier alpha value is -2.59. The summed E-state index contributed by atoms with van der Waals surface area (Å²) in [5.41, 5.74) is 7.24. The highest BCUT2D eigenvalue weighted by molar-refractivity contribution is 7.85. The standard InChI is InChI=1S/C21H21ClFN3O4S/c1-31(28,29)30-13-17-11-20(15-6-7-19(23)16(10-15)12-24)25-26(21(17)27)9-8-14-4-2-3-5-18(14)22/h2-7,10-11H,8-9,12-13,24H2,1H3. The van der Waals surface area contributed by atoms with Crippen molar-refractivity contribution in [3.63, 3.8) is 0 Å². The Morgan fingerprint density at radius 3 is 2.55 bits per heavy atom. The molecule has 1 aromatic heterocycles. The molecule has 0 aliphatic rings. The summed E-state index contributed by atoms with van der Waals surface area (Å²) in [7, 11) is -3.76. The fraction of sp³-hybridized carbons (Fsp3) is 0.238. The molecule has 0 amide bonds. The van der Waals surface area contributed by atoms with Crippen molar-refractivity contribution in [3.05, 3.63) is 86.4 Å². The van der Waals surface area contributed by atoms with Crippen molar-refractivity contribution in [2.24, 2.45) is 5.73 Å². The molecule has 0 radical (unpaired) electrons. The van der Waals surface area contributed by atoms with Crippen LogP contribution in [-0.2, 0) is 40.4 Å². The number of nitrogens with two attached hydrogens (primary N) is 1. The molecule has 2 N–H and O–H groups in total. The first-order valence-corrected chi connectivity index (χ1v) is 11.5. The van der Waals surface area contributed by atoms with Crippen LogP contribution in [0.3, 0.4) is 0 Å². The molecule has 0 aliphatic heterocycles. The molecule has 3 aromatic rings. The van der Waals surface area contributed by atoms with E-state index in [0.29, 0.717) is 28.3 Å². The van der Waals surface area contributed by atoms with Crippen molar-refractivity contribution >= 4 is 21.7 Å². The molecule has 2 aromatic carbocycles. The van der Waals surface area contributed by atoms with E-state index in [0.717, 1.165) is 11.8 Å². The smallest absolute Gasteiger partial charge is 0.272 e. The molecule has 1 heterocycles. The summed E-state index contributed by atoms with van der Waals surface area (Å²) < 4.78 is 42.7. The second-order valence-electron chi connectivity index (χ2n) is 6.90. The highest BCUT2D eigenvalue weighted by atomic mass is 35.5. The summed E-state index contributed by atoms with van der Waals surface area (Å²) in [5, 5.41) is 4.96. The third-order valence-corrected chi connectivity index (χ3v) is 5.50. The zero-order valence-corrected chi connectivity index (χ0v) is 18.3. The van der Waals surface area contributed by atoms with Crippen LogP contribution in [0.2, 0.25) is 5.02 Å². The minimum atomic E-state index is -3.76. The highest BCUT2D eigenvalue weighted by Gasteiger charge is 2.14. The largest absolute Gasteiger partial charge is 0.326 e. The van der Waals surface area contributed by atoms with Crippen molar-refractivity contribution < 1.29 is 17.0 Å². The Labute approximate surface area is 184 Å². The molecule has 0 spiro atoms. The summed E-state index contributed by atoms with van der Waals surface area (Å²) in [4.78, 5) is 12.9. The van der Waals surface area contributed by atoms with Gasteiger partial charge < -0.3 is 5.73 Å². The van der Waals surface area contributed by atoms with E-state index in [9.17, 15) is 17.6 Å². The number of rotatable bonds is 8. The van der Waals surface area contributed by atoms with Gasteiger partial charge in [0.2, 0.25) is 0 Å². The minimum Gasteiger partial charge on any atom is -0.326 e. The van der Waals surface area contributed by atoms with Crippen LogP contribution in [0.5, 0.6) is 0 Å². The van der Waals surface area contributed by atoms with E-state index in [-0.39, 0.29) is 18.7 Å². The Bertz CT molecular complexity index is 1260. The molecule has 0 saturated carbocycles. The van der Waals surface area contributed by atoms with Crippen molar-refractivity contribution in [1.29, 1.82) is 0 Å². The molecule has 0 aliphatic carbocycles. The fourth-order valence-electron chi connectivity index (χ4n) is 2.98. The quantitative estimate of drug-likeness (QED) is 0.513. The highest BCUT2D eigenvalue weighted by Crippen LogP contribution is 2.21. The van der Waals surface area contributed by atoms with Gasteiger partial charge in [0.1, 0.15) is 5.82 Å². The van der Waals surface area contributed by atoms with Gasteiger partial charge in [-0.3, -0.25) is 8.98 Å². The Balaban J connectivity index is 2.03. The van der Waals surface area contributed by atoms with E-state index in [4.69, 9.17) is 21.5 Å². The fourth-order valence-corrected chi connectivity index (χ4v) is 3.55. The first-order chi connectivity index (χ1) is 14.7. The van der Waals surface area contributed by atoms with Gasteiger partial charge in [0.25, 0.3) is 15.7 Å². The number of aromatic nitrogens is 2. The van der Waals surface area contributed by atoms with Crippen LogP contribution < -0.4 is 11.3 Å². The van der Waals surface area contributed by atoms with Gasteiger partial charge in [0.05, 0.1) is 18.6 Å². The van der Waals surface area contributed by atoms with E-state index in [1.165, 1.54) is 22.9 Å². The zero-order valence-electron chi connectivity index (χ0n) is 16.7. The molecule has 0 atom stereocenters. The van der Waals surface area contributed by atoms with Crippen molar-refractivity contribution in [2.75, 3.05) is 6.26 Å². The van der Waals surface area contributed by atoms with Crippen LogP contribution in [0.1, 0.15) is 16.7 Å². The average molecular weight is 466 g/mol. The van der Waals surface area contributed by atoms with E-state index >= 15 is 0 Å². The minimum absolute atomic E-state index is 0.00410. The third kappa shape index (κ3) is 5.98. The Morgan fingerprint density at radius 2 is 1.87 bits per heavy atom. The van der Waals surface area contributed by atoms with E-state index in [1.807, 2.05) is 12.1 Å². The topological polar surface area (TPSA) is 104 Å². The lowest BCUT2D eigenvalue weighted by atomic mass is 10.1. The number of halogens is 2. The molecule has 10 heteroatoms. The normalized spacial score (nSPS) is 11.6. The maximum Gasteiger partial charge on any atom is 0.272 e. The van der Waals surface area contributed by atoms with E-state index < -0.39 is 28.1 Å².